The Morgan fingerprint density at radius 1 is 1.08 bits per heavy atom. The van der Waals surface area contributed by atoms with Crippen molar-refractivity contribution in [1.82, 2.24) is 9.62 Å². The molecule has 0 saturated carbocycles. The molecule has 2 aromatic carbocycles. The summed E-state index contributed by atoms with van der Waals surface area (Å²) in [6, 6.07) is 16.8. The molecule has 1 amide bonds. The molecule has 0 unspecified atom stereocenters. The van der Waals surface area contributed by atoms with Gasteiger partial charge < -0.3 is 14.6 Å². The van der Waals surface area contributed by atoms with E-state index in [-0.39, 0.29) is 5.11 Å². The molecular weight excluding hydrogens is 532 g/mol. The van der Waals surface area contributed by atoms with Crippen molar-refractivity contribution in [3.05, 3.63) is 77.0 Å². The third-order valence-corrected chi connectivity index (χ3v) is 7.83. The van der Waals surface area contributed by atoms with Gasteiger partial charge in [0.05, 0.1) is 17.6 Å². The van der Waals surface area contributed by atoms with Gasteiger partial charge in [0.15, 0.2) is 5.11 Å². The SMILES string of the molecule is Cc1ccc(-c2ccc(/C=C/C(=O)NC(=S)Nc3ccccc3N3CCN(S(C)(=O)=O)CC3)o2)cc1Cl. The number of sulfonamides is 1. The van der Waals surface area contributed by atoms with Crippen LogP contribution in [0.15, 0.2) is 65.1 Å². The number of anilines is 2. The van der Waals surface area contributed by atoms with E-state index in [9.17, 15) is 13.2 Å². The molecule has 0 spiro atoms. The fourth-order valence-electron chi connectivity index (χ4n) is 3.92. The van der Waals surface area contributed by atoms with Crippen molar-refractivity contribution < 1.29 is 17.6 Å². The van der Waals surface area contributed by atoms with Crippen LogP contribution in [-0.4, -0.2) is 56.2 Å². The fraction of sp³-hybridized carbons (Fsp3) is 0.231. The predicted octanol–water partition coefficient (Wildman–Crippen LogP) is 4.52. The quantitative estimate of drug-likeness (QED) is 0.339. The summed E-state index contributed by atoms with van der Waals surface area (Å²) in [6.07, 6.45) is 4.13. The summed E-state index contributed by atoms with van der Waals surface area (Å²) in [5.41, 5.74) is 3.43. The number of para-hydroxylation sites is 2. The zero-order valence-electron chi connectivity index (χ0n) is 20.4. The molecule has 1 aliphatic rings. The van der Waals surface area contributed by atoms with E-state index in [1.165, 1.54) is 16.6 Å². The van der Waals surface area contributed by atoms with Crippen LogP contribution in [0.2, 0.25) is 5.02 Å². The second-order valence-corrected chi connectivity index (χ2v) is 11.4. The number of carbonyl (C=O) groups excluding carboxylic acids is 1. The number of halogens is 1. The number of rotatable bonds is 6. The second kappa shape index (κ2) is 11.5. The molecule has 2 N–H and O–H groups in total. The monoisotopic (exact) mass is 558 g/mol. The van der Waals surface area contributed by atoms with E-state index in [0.717, 1.165) is 22.5 Å². The number of aryl methyl sites for hydroxylation is 1. The van der Waals surface area contributed by atoms with Gasteiger partial charge in [0, 0.05) is 42.8 Å². The van der Waals surface area contributed by atoms with Crippen LogP contribution in [0.3, 0.4) is 0 Å². The number of hydrogen-bond donors (Lipinski definition) is 2. The van der Waals surface area contributed by atoms with Crippen LogP contribution in [0.25, 0.3) is 17.4 Å². The molecule has 3 aromatic rings. The van der Waals surface area contributed by atoms with Gasteiger partial charge in [-0.1, -0.05) is 35.9 Å². The van der Waals surface area contributed by atoms with Gasteiger partial charge >= 0.3 is 0 Å². The maximum atomic E-state index is 12.4. The first-order valence-corrected chi connectivity index (χ1v) is 14.2. The minimum absolute atomic E-state index is 0.145. The highest BCUT2D eigenvalue weighted by Gasteiger charge is 2.24. The molecule has 0 aliphatic carbocycles. The van der Waals surface area contributed by atoms with Crippen LogP contribution in [0, 0.1) is 6.92 Å². The second-order valence-electron chi connectivity index (χ2n) is 8.61. The molecular formula is C26H27ClN4O4S2. The number of carbonyl (C=O) groups is 1. The molecule has 11 heteroatoms. The molecule has 37 heavy (non-hydrogen) atoms. The smallest absolute Gasteiger partial charge is 0.250 e. The molecule has 0 bridgehead atoms. The molecule has 2 heterocycles. The number of thiocarbonyl (C=S) groups is 1. The number of piperazine rings is 1. The number of benzene rings is 2. The molecule has 1 fully saturated rings. The predicted molar refractivity (Wildman–Crippen MR) is 152 cm³/mol. The summed E-state index contributed by atoms with van der Waals surface area (Å²) in [6.45, 7) is 3.84. The standard InChI is InChI=1S/C26H27ClN4O4S2/c1-18-7-8-19(17-21(18)27)24-11-9-20(35-24)10-12-25(32)29-26(36)28-22-5-3-4-6-23(22)30-13-15-31(16-14-30)37(2,33)34/h3-12,17H,13-16H2,1-2H3,(H2,28,29,32,36)/b12-10+. The number of furan rings is 1. The summed E-state index contributed by atoms with van der Waals surface area (Å²) in [4.78, 5) is 14.5. The van der Waals surface area contributed by atoms with Gasteiger partial charge in [0.25, 0.3) is 0 Å². The first-order chi connectivity index (χ1) is 17.6. The van der Waals surface area contributed by atoms with Gasteiger partial charge in [-0.05, 0) is 61.1 Å². The lowest BCUT2D eigenvalue weighted by molar-refractivity contribution is -0.115. The fourth-order valence-corrected chi connectivity index (χ4v) is 5.14. The molecule has 194 valence electrons. The summed E-state index contributed by atoms with van der Waals surface area (Å²) in [5.74, 6) is 0.750. The Bertz CT molecular complexity index is 1440. The topological polar surface area (TPSA) is 94.9 Å². The van der Waals surface area contributed by atoms with E-state index in [2.05, 4.69) is 15.5 Å². The Morgan fingerprint density at radius 2 is 1.81 bits per heavy atom. The lowest BCUT2D eigenvalue weighted by Crippen LogP contribution is -2.48. The zero-order chi connectivity index (χ0) is 26.6. The first kappa shape index (κ1) is 26.9. The Hall–Kier alpha value is -3.18. The molecule has 0 atom stereocenters. The lowest BCUT2D eigenvalue weighted by atomic mass is 10.1. The molecule has 1 saturated heterocycles. The summed E-state index contributed by atoms with van der Waals surface area (Å²) >= 11 is 11.5. The number of amides is 1. The van der Waals surface area contributed by atoms with E-state index < -0.39 is 15.9 Å². The third-order valence-electron chi connectivity index (χ3n) is 5.92. The van der Waals surface area contributed by atoms with Crippen molar-refractivity contribution >= 4 is 62.3 Å². The van der Waals surface area contributed by atoms with Crippen LogP contribution in [0.1, 0.15) is 11.3 Å². The van der Waals surface area contributed by atoms with E-state index in [4.69, 9.17) is 28.2 Å². The van der Waals surface area contributed by atoms with Crippen molar-refractivity contribution in [2.24, 2.45) is 0 Å². The van der Waals surface area contributed by atoms with Crippen LogP contribution in [-0.2, 0) is 14.8 Å². The van der Waals surface area contributed by atoms with Crippen molar-refractivity contribution in [2.75, 3.05) is 42.7 Å². The van der Waals surface area contributed by atoms with Gasteiger partial charge in [-0.25, -0.2) is 8.42 Å². The number of hydrogen-bond acceptors (Lipinski definition) is 6. The highest BCUT2D eigenvalue weighted by Crippen LogP contribution is 2.28. The third kappa shape index (κ3) is 6.98. The van der Waals surface area contributed by atoms with Gasteiger partial charge in [-0.2, -0.15) is 4.31 Å². The van der Waals surface area contributed by atoms with Crippen LogP contribution >= 0.6 is 23.8 Å². The average Bonchev–Trinajstić information content (AvgIpc) is 3.33. The molecule has 1 aromatic heterocycles. The van der Waals surface area contributed by atoms with Crippen molar-refractivity contribution in [2.45, 2.75) is 6.92 Å². The largest absolute Gasteiger partial charge is 0.457 e. The average molecular weight is 559 g/mol. The van der Waals surface area contributed by atoms with E-state index in [1.807, 2.05) is 55.5 Å². The Balaban J connectivity index is 1.34. The summed E-state index contributed by atoms with van der Waals surface area (Å²) in [5, 5.41) is 6.51. The maximum Gasteiger partial charge on any atom is 0.250 e. The molecule has 4 rings (SSSR count). The van der Waals surface area contributed by atoms with Crippen molar-refractivity contribution in [1.29, 1.82) is 0 Å². The first-order valence-electron chi connectivity index (χ1n) is 11.6. The molecule has 8 nitrogen and oxygen atoms in total. The highest BCUT2D eigenvalue weighted by molar-refractivity contribution is 7.88. The van der Waals surface area contributed by atoms with Crippen LogP contribution in [0.5, 0.6) is 0 Å². The van der Waals surface area contributed by atoms with Gasteiger partial charge in [0.1, 0.15) is 11.5 Å². The van der Waals surface area contributed by atoms with Gasteiger partial charge in [-0.15, -0.1) is 0 Å². The highest BCUT2D eigenvalue weighted by atomic mass is 35.5. The lowest BCUT2D eigenvalue weighted by Gasteiger charge is -2.35. The van der Waals surface area contributed by atoms with Crippen molar-refractivity contribution in [3.8, 4) is 11.3 Å². The Labute approximate surface area is 226 Å². The Morgan fingerprint density at radius 3 is 2.51 bits per heavy atom. The van der Waals surface area contributed by atoms with E-state index in [0.29, 0.717) is 42.7 Å². The molecule has 0 radical (unpaired) electrons. The maximum absolute atomic E-state index is 12.4. The summed E-state index contributed by atoms with van der Waals surface area (Å²) < 4.78 is 30.9. The normalized spacial score (nSPS) is 14.6. The van der Waals surface area contributed by atoms with Gasteiger partial charge in [0.2, 0.25) is 15.9 Å². The van der Waals surface area contributed by atoms with E-state index in [1.54, 1.807) is 12.1 Å². The van der Waals surface area contributed by atoms with Crippen LogP contribution < -0.4 is 15.5 Å². The zero-order valence-corrected chi connectivity index (χ0v) is 22.8. The number of nitrogens with zero attached hydrogens (tertiary/aromatic N) is 2. The minimum atomic E-state index is -3.21. The van der Waals surface area contributed by atoms with Crippen LogP contribution in [0.4, 0.5) is 11.4 Å². The summed E-state index contributed by atoms with van der Waals surface area (Å²) in [7, 11) is -3.21. The minimum Gasteiger partial charge on any atom is -0.457 e. The van der Waals surface area contributed by atoms with Gasteiger partial charge in [-0.3, -0.25) is 10.1 Å². The Kier molecular flexibility index (Phi) is 8.33. The number of nitrogens with one attached hydrogen (secondary N) is 2. The molecule has 1 aliphatic heterocycles. The van der Waals surface area contributed by atoms with E-state index >= 15 is 0 Å². The van der Waals surface area contributed by atoms with Crippen molar-refractivity contribution in [3.63, 3.8) is 0 Å².